The number of nitrogens with one attached hydrogen (secondary N) is 1. The lowest BCUT2D eigenvalue weighted by molar-refractivity contribution is -0.149. The summed E-state index contributed by atoms with van der Waals surface area (Å²) in [5.74, 6) is -0.907. The van der Waals surface area contributed by atoms with Gasteiger partial charge < -0.3 is 14.4 Å². The highest BCUT2D eigenvalue weighted by molar-refractivity contribution is 5.92. The molecule has 3 fully saturated rings. The minimum Gasteiger partial charge on any atom is -0.444 e. The molecule has 3 atom stereocenters. The molecule has 3 heterocycles. The average Bonchev–Trinajstić information content (AvgIpc) is 3.40. The summed E-state index contributed by atoms with van der Waals surface area (Å²) in [5.41, 5.74) is 4.29. The van der Waals surface area contributed by atoms with Crippen LogP contribution < -0.4 is 5.48 Å². The molecule has 2 N–H and O–H groups in total. The lowest BCUT2D eigenvalue weighted by Gasteiger charge is -2.42. The Balaban J connectivity index is 1.46. The Kier molecular flexibility index (Phi) is 8.28. The van der Waals surface area contributed by atoms with Crippen molar-refractivity contribution in [3.05, 3.63) is 35.4 Å². The van der Waals surface area contributed by atoms with Crippen molar-refractivity contribution in [2.24, 2.45) is 5.92 Å². The maximum Gasteiger partial charge on any atom is 0.410 e. The van der Waals surface area contributed by atoms with Crippen molar-refractivity contribution in [2.45, 2.75) is 69.9 Å². The van der Waals surface area contributed by atoms with Gasteiger partial charge in [-0.25, -0.2) is 10.3 Å². The van der Waals surface area contributed by atoms with Gasteiger partial charge in [-0.15, -0.1) is 0 Å². The number of nitrogens with zero attached hydrogens (tertiary/aromatic N) is 2. The van der Waals surface area contributed by atoms with Crippen LogP contribution in [0.3, 0.4) is 0 Å². The highest BCUT2D eigenvalue weighted by atomic mass is 16.6. The van der Waals surface area contributed by atoms with Gasteiger partial charge in [0.15, 0.2) is 0 Å². The van der Waals surface area contributed by atoms with E-state index in [1.165, 1.54) is 16.0 Å². The van der Waals surface area contributed by atoms with E-state index in [2.05, 4.69) is 38.1 Å². The van der Waals surface area contributed by atoms with Crippen LogP contribution in [0, 0.1) is 5.92 Å². The molecule has 3 saturated heterocycles. The van der Waals surface area contributed by atoms with Gasteiger partial charge in [-0.2, -0.15) is 0 Å². The molecule has 1 aromatic rings. The third-order valence-electron chi connectivity index (χ3n) is 7.58. The number of benzene rings is 1. The van der Waals surface area contributed by atoms with E-state index in [-0.39, 0.29) is 12.0 Å². The van der Waals surface area contributed by atoms with E-state index in [1.54, 1.807) is 10.4 Å². The Morgan fingerprint density at radius 2 is 1.89 bits per heavy atom. The van der Waals surface area contributed by atoms with Crippen LogP contribution in [-0.4, -0.2) is 77.9 Å². The van der Waals surface area contributed by atoms with Crippen LogP contribution in [0.2, 0.25) is 0 Å². The van der Waals surface area contributed by atoms with Gasteiger partial charge in [0, 0.05) is 26.1 Å². The molecule has 0 radical (unpaired) electrons. The first-order valence-corrected chi connectivity index (χ1v) is 12.8. The van der Waals surface area contributed by atoms with Gasteiger partial charge in [0.25, 0.3) is 0 Å². The summed E-state index contributed by atoms with van der Waals surface area (Å²) in [6, 6.07) is 7.67. The molecule has 1 aromatic carbocycles. The van der Waals surface area contributed by atoms with Crippen molar-refractivity contribution < 1.29 is 29.1 Å². The zero-order valence-corrected chi connectivity index (χ0v) is 20.7. The summed E-state index contributed by atoms with van der Waals surface area (Å²) in [5, 5.41) is 9.30. The van der Waals surface area contributed by atoms with Gasteiger partial charge in [0.2, 0.25) is 11.8 Å². The summed E-state index contributed by atoms with van der Waals surface area (Å²) < 4.78 is 10.9. The van der Waals surface area contributed by atoms with Gasteiger partial charge >= 0.3 is 6.09 Å². The van der Waals surface area contributed by atoms with E-state index >= 15 is 0 Å². The number of likely N-dealkylation sites (tertiary alicyclic amines) is 2. The lowest BCUT2D eigenvalue weighted by atomic mass is 9.85. The van der Waals surface area contributed by atoms with Gasteiger partial charge in [-0.05, 0) is 48.6 Å². The molecular weight excluding hydrogens is 450 g/mol. The smallest absolute Gasteiger partial charge is 0.410 e. The molecule has 0 aromatic heterocycles. The first-order chi connectivity index (χ1) is 16.9. The van der Waals surface area contributed by atoms with E-state index in [0.717, 1.165) is 12.8 Å². The fraction of sp³-hybridized carbons (Fsp3) is 0.654. The van der Waals surface area contributed by atoms with E-state index in [9.17, 15) is 19.6 Å². The van der Waals surface area contributed by atoms with Crippen LogP contribution in [0.5, 0.6) is 0 Å². The predicted molar refractivity (Wildman–Crippen MR) is 128 cm³/mol. The Morgan fingerprint density at radius 3 is 2.54 bits per heavy atom. The third-order valence-corrected chi connectivity index (χ3v) is 7.58. The highest BCUT2D eigenvalue weighted by Gasteiger charge is 2.46. The molecule has 3 aliphatic heterocycles. The fourth-order valence-electron chi connectivity index (χ4n) is 5.47. The maximum atomic E-state index is 13.7. The predicted octanol–water partition coefficient (Wildman–Crippen LogP) is 3.03. The molecule has 0 bridgehead atoms. The number of ether oxygens (including phenoxy) is 2. The normalized spacial score (nSPS) is 25.5. The first-order valence-electron chi connectivity index (χ1n) is 12.8. The van der Waals surface area contributed by atoms with Crippen molar-refractivity contribution in [2.75, 3.05) is 32.8 Å². The highest BCUT2D eigenvalue weighted by Crippen LogP contribution is 2.32. The quantitative estimate of drug-likeness (QED) is 0.488. The number of hydrogen-bond donors (Lipinski definition) is 2. The van der Waals surface area contributed by atoms with E-state index in [0.29, 0.717) is 63.9 Å². The van der Waals surface area contributed by atoms with Gasteiger partial charge in [0.1, 0.15) is 12.1 Å². The molecule has 9 heteroatoms. The molecule has 3 amide bonds. The van der Waals surface area contributed by atoms with Crippen molar-refractivity contribution >= 4 is 17.9 Å². The number of hydroxylamine groups is 1. The molecule has 35 heavy (non-hydrogen) atoms. The zero-order valence-electron chi connectivity index (χ0n) is 20.7. The van der Waals surface area contributed by atoms with Crippen molar-refractivity contribution in [3.8, 4) is 0 Å². The second-order valence-electron chi connectivity index (χ2n) is 10.2. The van der Waals surface area contributed by atoms with E-state index < -0.39 is 24.0 Å². The topological polar surface area (TPSA) is 108 Å². The molecule has 9 nitrogen and oxygen atoms in total. The summed E-state index contributed by atoms with van der Waals surface area (Å²) in [7, 11) is 0. The van der Waals surface area contributed by atoms with Gasteiger partial charge in [0.05, 0.1) is 19.1 Å². The maximum absolute atomic E-state index is 13.7. The lowest BCUT2D eigenvalue weighted by Crippen LogP contribution is -2.60. The molecule has 192 valence electrons. The minimum absolute atomic E-state index is 0.257. The second kappa shape index (κ2) is 11.4. The molecule has 0 saturated carbocycles. The van der Waals surface area contributed by atoms with Crippen molar-refractivity contribution in [1.82, 2.24) is 15.3 Å². The molecule has 0 aliphatic carbocycles. The van der Waals surface area contributed by atoms with Gasteiger partial charge in [-0.1, -0.05) is 38.1 Å². The number of hydrogen-bond acceptors (Lipinski definition) is 6. The van der Waals surface area contributed by atoms with Crippen LogP contribution >= 0.6 is 0 Å². The van der Waals surface area contributed by atoms with E-state index in [1.807, 2.05) is 0 Å². The number of piperidine rings is 2. The zero-order chi connectivity index (χ0) is 24.9. The van der Waals surface area contributed by atoms with Crippen LogP contribution in [0.4, 0.5) is 4.79 Å². The second-order valence-corrected chi connectivity index (χ2v) is 10.2. The molecular formula is C26H37N3O6. The first kappa shape index (κ1) is 25.4. The molecule has 3 aliphatic rings. The Morgan fingerprint density at radius 1 is 1.11 bits per heavy atom. The summed E-state index contributed by atoms with van der Waals surface area (Å²) in [6.45, 7) is 6.67. The average molecular weight is 488 g/mol. The molecule has 0 spiro atoms. The van der Waals surface area contributed by atoms with E-state index in [4.69, 9.17) is 9.47 Å². The SMILES string of the molecule is CC(C)c1cccc(C2CCN(C(=O)C3C(C(=O)NO)CCCN3C(=O)OC3CCOC3)CC2)c1. The Hall–Kier alpha value is -2.65. The summed E-state index contributed by atoms with van der Waals surface area (Å²) in [4.78, 5) is 42.3. The standard InChI is InChI=1S/C26H37N3O6/c1-17(2)19-5-3-6-20(15-19)18-8-12-28(13-9-18)25(31)23-22(24(30)27-33)7-4-11-29(23)26(32)35-21-10-14-34-16-21/h3,5-6,15,17-18,21-23,33H,4,7-14,16H2,1-2H3,(H,27,30). The van der Waals surface area contributed by atoms with Crippen LogP contribution in [-0.2, 0) is 19.1 Å². The summed E-state index contributed by atoms with van der Waals surface area (Å²) >= 11 is 0. The minimum atomic E-state index is -0.994. The number of amides is 3. The molecule has 3 unspecified atom stereocenters. The summed E-state index contributed by atoms with van der Waals surface area (Å²) in [6.07, 6.45) is 2.27. The largest absolute Gasteiger partial charge is 0.444 e. The van der Waals surface area contributed by atoms with Crippen molar-refractivity contribution in [1.29, 1.82) is 0 Å². The number of carbonyl (C=O) groups is 3. The van der Waals surface area contributed by atoms with Crippen molar-refractivity contribution in [3.63, 3.8) is 0 Å². The monoisotopic (exact) mass is 487 g/mol. The van der Waals surface area contributed by atoms with Crippen LogP contribution in [0.15, 0.2) is 24.3 Å². The fourth-order valence-corrected chi connectivity index (χ4v) is 5.47. The number of rotatable bonds is 5. The number of carbonyl (C=O) groups excluding carboxylic acids is 3. The Labute approximate surface area is 206 Å². The van der Waals surface area contributed by atoms with Gasteiger partial charge in [-0.3, -0.25) is 19.7 Å². The van der Waals surface area contributed by atoms with Crippen LogP contribution in [0.25, 0.3) is 0 Å². The Bertz CT molecular complexity index is 908. The molecule has 4 rings (SSSR count). The third kappa shape index (κ3) is 5.78. The van der Waals surface area contributed by atoms with Crippen LogP contribution in [0.1, 0.15) is 68.9 Å².